The molecular formula is C31H35N3O9. The minimum absolute atomic E-state index is 0.00122. The number of fused-ring (bicyclic) bond motifs is 4. The van der Waals surface area contributed by atoms with E-state index in [1.165, 1.54) is 5.06 Å². The first kappa shape index (κ1) is 29.3. The molecule has 3 aliphatic heterocycles. The lowest BCUT2D eigenvalue weighted by Crippen LogP contribution is -2.69. The van der Waals surface area contributed by atoms with Crippen molar-refractivity contribution in [3.63, 3.8) is 0 Å². The van der Waals surface area contributed by atoms with Crippen molar-refractivity contribution >= 4 is 23.9 Å². The summed E-state index contributed by atoms with van der Waals surface area (Å²) >= 11 is 0. The molecule has 2 amide bonds. The van der Waals surface area contributed by atoms with Crippen LogP contribution in [-0.4, -0.2) is 90.0 Å². The third-order valence-electron chi connectivity index (χ3n) is 8.57. The number of aliphatic hydroxyl groups is 1. The molecule has 12 nitrogen and oxygen atoms in total. The second-order valence-corrected chi connectivity index (χ2v) is 11.1. The zero-order chi connectivity index (χ0) is 30.0. The lowest BCUT2D eigenvalue weighted by atomic mass is 9.62. The van der Waals surface area contributed by atoms with Crippen LogP contribution < -0.4 is 10.6 Å². The largest absolute Gasteiger partial charge is 0.508 e. The maximum absolute atomic E-state index is 14.0. The molecule has 0 radical (unpaired) electrons. The number of hydroxylamine groups is 2. The molecule has 6 atom stereocenters. The van der Waals surface area contributed by atoms with Gasteiger partial charge in [-0.2, -0.15) is 5.06 Å². The van der Waals surface area contributed by atoms with Gasteiger partial charge in [0.15, 0.2) is 6.04 Å². The number of ether oxygens (including phenoxy) is 3. The minimum atomic E-state index is -1.31. The number of hydrogen-bond acceptors (Lipinski definition) is 10. The summed E-state index contributed by atoms with van der Waals surface area (Å²) in [6, 6.07) is 13.8. The van der Waals surface area contributed by atoms with Gasteiger partial charge in [-0.25, -0.2) is 0 Å². The highest BCUT2D eigenvalue weighted by Crippen LogP contribution is 2.55. The number of benzene rings is 2. The van der Waals surface area contributed by atoms with Crippen LogP contribution in [-0.2, 0) is 46.4 Å². The number of rotatable bonds is 11. The molecule has 2 aromatic rings. The van der Waals surface area contributed by atoms with Gasteiger partial charge in [0.25, 0.3) is 0 Å². The molecule has 0 aromatic heterocycles. The van der Waals surface area contributed by atoms with Crippen LogP contribution in [0.25, 0.3) is 6.08 Å². The summed E-state index contributed by atoms with van der Waals surface area (Å²) in [7, 11) is 0. The van der Waals surface area contributed by atoms with Crippen LogP contribution in [0, 0.1) is 5.41 Å². The van der Waals surface area contributed by atoms with Crippen molar-refractivity contribution in [3.8, 4) is 5.75 Å². The second-order valence-electron chi connectivity index (χ2n) is 11.1. The van der Waals surface area contributed by atoms with E-state index in [-0.39, 0.29) is 57.5 Å². The van der Waals surface area contributed by atoms with Gasteiger partial charge in [-0.3, -0.25) is 19.2 Å². The Morgan fingerprint density at radius 2 is 1.79 bits per heavy atom. The molecule has 43 heavy (non-hydrogen) atoms. The maximum atomic E-state index is 14.0. The Labute approximate surface area is 248 Å². The summed E-state index contributed by atoms with van der Waals surface area (Å²) in [5.41, 5.74) is 1.24. The fourth-order valence-electron chi connectivity index (χ4n) is 6.58. The number of phenols is 1. The summed E-state index contributed by atoms with van der Waals surface area (Å²) < 4.78 is 17.4. The van der Waals surface area contributed by atoms with Crippen molar-refractivity contribution in [2.45, 2.75) is 56.3 Å². The van der Waals surface area contributed by atoms with Gasteiger partial charge in [0, 0.05) is 25.9 Å². The zero-order valence-electron chi connectivity index (χ0n) is 23.5. The lowest BCUT2D eigenvalue weighted by molar-refractivity contribution is -0.201. The van der Waals surface area contributed by atoms with E-state index in [1.807, 2.05) is 48.6 Å². The molecule has 4 aliphatic rings. The van der Waals surface area contributed by atoms with Crippen LogP contribution in [0.1, 0.15) is 29.5 Å². The molecule has 3 heterocycles. The molecule has 2 bridgehead atoms. The Bertz CT molecular complexity index is 1400. The summed E-state index contributed by atoms with van der Waals surface area (Å²) in [6.45, 7) is 0.188. The van der Waals surface area contributed by atoms with Gasteiger partial charge in [-0.05, 0) is 29.2 Å². The highest BCUT2D eigenvalue weighted by atomic mass is 16.8. The van der Waals surface area contributed by atoms with Crippen molar-refractivity contribution in [1.82, 2.24) is 15.7 Å². The van der Waals surface area contributed by atoms with Crippen molar-refractivity contribution in [2.24, 2.45) is 5.41 Å². The van der Waals surface area contributed by atoms with Crippen molar-refractivity contribution in [3.05, 3.63) is 71.3 Å². The van der Waals surface area contributed by atoms with Gasteiger partial charge in [0.2, 0.25) is 11.8 Å². The maximum Gasteiger partial charge on any atom is 0.327 e. The molecule has 4 N–H and O–H groups in total. The first-order valence-electron chi connectivity index (χ1n) is 14.5. The number of nitrogens with one attached hydrogen (secondary N) is 2. The number of hydrogen-bond donors (Lipinski definition) is 4. The number of nitrogens with zero attached hydrogens (tertiary/aromatic N) is 1. The molecule has 1 aliphatic carbocycles. The third kappa shape index (κ3) is 5.52. The number of amides is 2. The number of esters is 1. The lowest BCUT2D eigenvalue weighted by Gasteiger charge is -2.48. The summed E-state index contributed by atoms with van der Waals surface area (Å²) in [4.78, 5) is 46.0. The average Bonchev–Trinajstić information content (AvgIpc) is 3.63. The van der Waals surface area contributed by atoms with E-state index in [1.54, 1.807) is 12.1 Å². The van der Waals surface area contributed by atoms with Gasteiger partial charge in [-0.1, -0.05) is 54.6 Å². The van der Waals surface area contributed by atoms with Crippen molar-refractivity contribution < 1.29 is 43.6 Å². The number of allylic oxidation sites excluding steroid dienone is 1. The number of aliphatic hydroxyl groups excluding tert-OH is 1. The fourth-order valence-corrected chi connectivity index (χ4v) is 6.58. The Balaban J connectivity index is 1.24. The predicted molar refractivity (Wildman–Crippen MR) is 151 cm³/mol. The van der Waals surface area contributed by atoms with Gasteiger partial charge in [0.05, 0.1) is 13.2 Å². The van der Waals surface area contributed by atoms with Crippen molar-refractivity contribution in [2.75, 3.05) is 26.5 Å². The first-order chi connectivity index (χ1) is 20.9. The highest BCUT2D eigenvalue weighted by molar-refractivity contribution is 5.93. The van der Waals surface area contributed by atoms with E-state index >= 15 is 0 Å². The number of aromatic hydroxyl groups is 1. The smallest absolute Gasteiger partial charge is 0.327 e. The van der Waals surface area contributed by atoms with Gasteiger partial charge in [-0.15, -0.1) is 0 Å². The molecule has 4 fully saturated rings. The van der Waals surface area contributed by atoms with E-state index in [0.717, 1.165) is 16.7 Å². The Kier molecular flexibility index (Phi) is 8.46. The molecule has 0 unspecified atom stereocenters. The quantitative estimate of drug-likeness (QED) is 0.275. The van der Waals surface area contributed by atoms with Crippen LogP contribution >= 0.6 is 0 Å². The molecule has 228 valence electrons. The molecule has 12 heteroatoms. The minimum Gasteiger partial charge on any atom is -0.508 e. The summed E-state index contributed by atoms with van der Waals surface area (Å²) in [5.74, 6) is -1.06. The van der Waals surface area contributed by atoms with E-state index in [0.29, 0.717) is 6.42 Å². The van der Waals surface area contributed by atoms with E-state index in [2.05, 4.69) is 10.6 Å². The Morgan fingerprint density at radius 1 is 1.02 bits per heavy atom. The van der Waals surface area contributed by atoms with Gasteiger partial charge < -0.3 is 35.1 Å². The Morgan fingerprint density at radius 3 is 2.60 bits per heavy atom. The molecule has 6 rings (SSSR count). The van der Waals surface area contributed by atoms with Crippen LogP contribution in [0.5, 0.6) is 5.75 Å². The number of para-hydroxylation sites is 1. The molecule has 1 saturated carbocycles. The average molecular weight is 594 g/mol. The summed E-state index contributed by atoms with van der Waals surface area (Å²) in [6.07, 6.45) is 2.01. The fraction of sp³-hybridized carbons (Fsp3) is 0.452. The Hall–Kier alpha value is -3.81. The molecule has 3 saturated heterocycles. The standard InChI is InChI=1S/C31H35N3O9/c35-15-14-32-24(37)12-13-33-30(39)31-16-23-25-26(41-18-40-25)28(31)43-34(27(31)29(38)42-23)17-21-8-2-1-6-19(21)9-5-10-20-7-3-4-11-22(20)36/h1-9,11,23,25-28,35-36H,10,12-18H2,(H,32,37)(H,33,39)/t23-,25+,26+,27+,28-,31+/m1/s1. The topological polar surface area (TPSA) is 156 Å². The number of phenolic OH excluding ortho intramolecular Hbond substituents is 1. The SMILES string of the molecule is O=C(CCNC(=O)[C@@]12C[C@H]3OC(=O)[C@@H]1N(Cc1ccccc1C=CCc1ccccc1O)O[C@@H]2[C@H]1OCO[C@H]13)NCCO. The molecule has 2 aromatic carbocycles. The third-order valence-corrected chi connectivity index (χ3v) is 8.57. The van der Waals surface area contributed by atoms with E-state index < -0.39 is 47.7 Å². The number of carbonyl (C=O) groups excluding carboxylic acids is 3. The second kappa shape index (κ2) is 12.4. The molecular weight excluding hydrogens is 558 g/mol. The van der Waals surface area contributed by atoms with Crippen LogP contribution in [0.4, 0.5) is 0 Å². The van der Waals surface area contributed by atoms with E-state index in [9.17, 15) is 19.5 Å². The number of carbonyl (C=O) groups is 3. The highest BCUT2D eigenvalue weighted by Gasteiger charge is 2.74. The van der Waals surface area contributed by atoms with Crippen LogP contribution in [0.15, 0.2) is 54.6 Å². The first-order valence-corrected chi connectivity index (χ1v) is 14.5. The van der Waals surface area contributed by atoms with Gasteiger partial charge in [0.1, 0.15) is 42.4 Å². The molecule has 0 spiro atoms. The monoisotopic (exact) mass is 593 g/mol. The zero-order valence-corrected chi connectivity index (χ0v) is 23.5. The van der Waals surface area contributed by atoms with Crippen molar-refractivity contribution in [1.29, 1.82) is 0 Å². The van der Waals surface area contributed by atoms with E-state index in [4.69, 9.17) is 24.2 Å². The normalized spacial score (nSPS) is 29.3. The van der Waals surface area contributed by atoms with Crippen LogP contribution in [0.3, 0.4) is 0 Å². The summed E-state index contributed by atoms with van der Waals surface area (Å²) in [5, 5.41) is 26.0. The predicted octanol–water partition coefficient (Wildman–Crippen LogP) is 0.804. The van der Waals surface area contributed by atoms with Crippen LogP contribution in [0.2, 0.25) is 0 Å². The van der Waals surface area contributed by atoms with Gasteiger partial charge >= 0.3 is 5.97 Å².